The van der Waals surface area contributed by atoms with Gasteiger partial charge in [-0.05, 0) is 33.5 Å². The van der Waals surface area contributed by atoms with E-state index < -0.39 is 0 Å². The van der Waals surface area contributed by atoms with Gasteiger partial charge in [0.15, 0.2) is 0 Å². The van der Waals surface area contributed by atoms with Crippen LogP contribution in [0.3, 0.4) is 0 Å². The first-order chi connectivity index (χ1) is 6.09. The highest BCUT2D eigenvalue weighted by Gasteiger charge is 2.26. The number of halogens is 1. The lowest BCUT2D eigenvalue weighted by Crippen LogP contribution is -2.20. The smallest absolute Gasteiger partial charge is 0.00347 e. The summed E-state index contributed by atoms with van der Waals surface area (Å²) in [5, 5.41) is 0. The first kappa shape index (κ1) is 9.01. The third-order valence-electron chi connectivity index (χ3n) is 2.61. The van der Waals surface area contributed by atoms with Gasteiger partial charge < -0.3 is 0 Å². The second-order valence-electron chi connectivity index (χ2n) is 4.24. The summed E-state index contributed by atoms with van der Waals surface area (Å²) in [5.74, 6) is 0. The molecule has 2 rings (SSSR count). The fraction of sp³-hybridized carbons (Fsp3) is 0.333. The van der Waals surface area contributed by atoms with Gasteiger partial charge in [0.2, 0.25) is 0 Å². The van der Waals surface area contributed by atoms with Gasteiger partial charge in [0.1, 0.15) is 0 Å². The summed E-state index contributed by atoms with van der Waals surface area (Å²) in [4.78, 5) is 0. The molecule has 0 saturated carbocycles. The summed E-state index contributed by atoms with van der Waals surface area (Å²) in [7, 11) is 0. The minimum Gasteiger partial charge on any atom is -0.0619 e. The number of fused-ring (bicyclic) bond motifs is 1. The molecule has 1 aliphatic carbocycles. The molecule has 0 N–H and O–H groups in total. The molecule has 0 saturated heterocycles. The third-order valence-corrected chi connectivity index (χ3v) is 3.12. The van der Waals surface area contributed by atoms with Crippen molar-refractivity contribution in [1.29, 1.82) is 0 Å². The number of hydrogen-bond acceptors (Lipinski definition) is 0. The Balaban J connectivity index is 2.62. The Morgan fingerprint density at radius 2 is 1.92 bits per heavy atom. The van der Waals surface area contributed by atoms with E-state index in [1.807, 2.05) is 0 Å². The molecule has 0 fully saturated rings. The normalized spacial score (nSPS) is 19.2. The molecule has 1 aromatic rings. The zero-order valence-corrected chi connectivity index (χ0v) is 9.56. The van der Waals surface area contributed by atoms with E-state index in [4.69, 9.17) is 0 Å². The highest BCUT2D eigenvalue weighted by atomic mass is 79.9. The zero-order chi connectivity index (χ0) is 9.47. The quantitative estimate of drug-likeness (QED) is 0.637. The summed E-state index contributed by atoms with van der Waals surface area (Å²) in [6.07, 6.45) is 3.32. The van der Waals surface area contributed by atoms with Gasteiger partial charge in [-0.3, -0.25) is 0 Å². The maximum absolute atomic E-state index is 3.59. The molecule has 0 nitrogen and oxygen atoms in total. The number of allylic oxidation sites excluding steroid dienone is 1. The second kappa shape index (κ2) is 2.98. The molecule has 1 aliphatic rings. The summed E-state index contributed by atoms with van der Waals surface area (Å²) < 4.78 is 1.30. The molecule has 0 radical (unpaired) electrons. The van der Waals surface area contributed by atoms with Crippen LogP contribution in [0.5, 0.6) is 0 Å². The van der Waals surface area contributed by atoms with Gasteiger partial charge >= 0.3 is 0 Å². The number of benzene rings is 1. The van der Waals surface area contributed by atoms with E-state index in [1.54, 1.807) is 0 Å². The maximum atomic E-state index is 3.59. The summed E-state index contributed by atoms with van der Waals surface area (Å²) in [6.45, 7) is 4.58. The van der Waals surface area contributed by atoms with Crippen molar-refractivity contribution < 1.29 is 0 Å². The summed E-state index contributed by atoms with van der Waals surface area (Å²) in [6, 6.07) is 8.62. The fourth-order valence-corrected chi connectivity index (χ4v) is 2.92. The van der Waals surface area contributed by atoms with Crippen molar-refractivity contribution in [3.63, 3.8) is 0 Å². The molecule has 1 heteroatoms. The Bertz CT molecular complexity index is 361. The van der Waals surface area contributed by atoms with Gasteiger partial charge in [-0.25, -0.2) is 0 Å². The van der Waals surface area contributed by atoms with Crippen LogP contribution >= 0.6 is 15.9 Å². The van der Waals surface area contributed by atoms with Crippen molar-refractivity contribution in [3.8, 4) is 0 Å². The molecular weight excluding hydrogens is 224 g/mol. The van der Waals surface area contributed by atoms with Crippen molar-refractivity contribution in [2.24, 2.45) is 0 Å². The van der Waals surface area contributed by atoms with Crippen LogP contribution < -0.4 is 0 Å². The average molecular weight is 237 g/mol. The second-order valence-corrected chi connectivity index (χ2v) is 5.26. The minimum atomic E-state index is 0.268. The van der Waals surface area contributed by atoms with Gasteiger partial charge in [-0.2, -0.15) is 0 Å². The van der Waals surface area contributed by atoms with Crippen LogP contribution in [0.4, 0.5) is 0 Å². The van der Waals surface area contributed by atoms with E-state index in [2.05, 4.69) is 60.1 Å². The van der Waals surface area contributed by atoms with Crippen LogP contribution in [0.2, 0.25) is 0 Å². The summed E-state index contributed by atoms with van der Waals surface area (Å²) >= 11 is 3.59. The monoisotopic (exact) mass is 236 g/mol. The van der Waals surface area contributed by atoms with Gasteiger partial charge in [0.25, 0.3) is 0 Å². The molecule has 1 aromatic carbocycles. The van der Waals surface area contributed by atoms with Crippen LogP contribution in [0.15, 0.2) is 28.7 Å². The van der Waals surface area contributed by atoms with Crippen LogP contribution in [-0.4, -0.2) is 0 Å². The topological polar surface area (TPSA) is 0 Å². The molecule has 0 unspecified atom stereocenters. The third kappa shape index (κ3) is 1.58. The van der Waals surface area contributed by atoms with Gasteiger partial charge in [0.05, 0.1) is 0 Å². The number of rotatable bonds is 0. The molecule has 0 spiro atoms. The first-order valence-corrected chi connectivity index (χ1v) is 5.34. The Morgan fingerprint density at radius 1 is 1.23 bits per heavy atom. The van der Waals surface area contributed by atoms with Gasteiger partial charge in [-0.15, -0.1) is 0 Å². The van der Waals surface area contributed by atoms with E-state index in [9.17, 15) is 0 Å². The minimum absolute atomic E-state index is 0.268. The largest absolute Gasteiger partial charge is 0.0619 e. The van der Waals surface area contributed by atoms with E-state index in [0.29, 0.717) is 0 Å². The molecule has 68 valence electrons. The molecule has 13 heavy (non-hydrogen) atoms. The fourth-order valence-electron chi connectivity index (χ4n) is 1.98. The first-order valence-electron chi connectivity index (χ1n) is 4.55. The van der Waals surface area contributed by atoms with E-state index >= 15 is 0 Å². The predicted octanol–water partition coefficient (Wildman–Crippen LogP) is 4.10. The zero-order valence-electron chi connectivity index (χ0n) is 7.97. The summed E-state index contributed by atoms with van der Waals surface area (Å²) in [5.41, 5.74) is 3.08. The molecule has 0 heterocycles. The van der Waals surface area contributed by atoms with Gasteiger partial charge in [-0.1, -0.05) is 54.0 Å². The van der Waals surface area contributed by atoms with Crippen molar-refractivity contribution in [2.45, 2.75) is 25.7 Å². The van der Waals surface area contributed by atoms with Crippen LogP contribution in [0, 0.1) is 0 Å². The highest BCUT2D eigenvalue weighted by Crippen LogP contribution is 2.39. The number of hydrogen-bond donors (Lipinski definition) is 0. The Kier molecular flexibility index (Phi) is 2.07. The van der Waals surface area contributed by atoms with Crippen molar-refractivity contribution in [1.82, 2.24) is 0 Å². The van der Waals surface area contributed by atoms with Crippen LogP contribution in [0.25, 0.3) is 6.08 Å². The van der Waals surface area contributed by atoms with Crippen LogP contribution in [0.1, 0.15) is 31.4 Å². The molecule has 0 bridgehead atoms. The predicted molar refractivity (Wildman–Crippen MR) is 61.0 cm³/mol. The van der Waals surface area contributed by atoms with Crippen LogP contribution in [-0.2, 0) is 5.41 Å². The Labute approximate surface area is 87.8 Å². The Morgan fingerprint density at radius 3 is 2.69 bits per heavy atom. The van der Waals surface area contributed by atoms with E-state index in [-0.39, 0.29) is 5.41 Å². The van der Waals surface area contributed by atoms with E-state index in [1.165, 1.54) is 15.6 Å². The standard InChI is InChI=1S/C12H13Br/c1-12(2)8-10(13)7-9-5-3-4-6-11(9)12/h3-7H,8H2,1-2H3. The van der Waals surface area contributed by atoms with Crippen molar-refractivity contribution in [2.75, 3.05) is 0 Å². The lowest BCUT2D eigenvalue weighted by atomic mass is 9.76. The van der Waals surface area contributed by atoms with Crippen molar-refractivity contribution in [3.05, 3.63) is 39.9 Å². The van der Waals surface area contributed by atoms with E-state index in [0.717, 1.165) is 6.42 Å². The SMILES string of the molecule is CC1(C)CC(Br)=Cc2ccccc21. The maximum Gasteiger partial charge on any atom is -0.00347 e. The molecular formula is C12H13Br. The molecule has 0 aromatic heterocycles. The molecule has 0 aliphatic heterocycles. The average Bonchev–Trinajstić information content (AvgIpc) is 2.02. The molecule has 0 amide bonds. The lowest BCUT2D eigenvalue weighted by molar-refractivity contribution is 0.526. The van der Waals surface area contributed by atoms with Gasteiger partial charge in [0, 0.05) is 0 Å². The highest BCUT2D eigenvalue weighted by molar-refractivity contribution is 9.11. The Hall–Kier alpha value is -0.560. The lowest BCUT2D eigenvalue weighted by Gasteiger charge is -2.30. The molecule has 0 atom stereocenters. The van der Waals surface area contributed by atoms with Crippen molar-refractivity contribution >= 4 is 22.0 Å².